The van der Waals surface area contributed by atoms with Crippen LogP contribution in [0.5, 0.6) is 0 Å². The molecule has 12 atom stereocenters. The minimum atomic E-state index is -1.78. The van der Waals surface area contributed by atoms with Crippen LogP contribution in [0.3, 0.4) is 0 Å². The van der Waals surface area contributed by atoms with Crippen molar-refractivity contribution < 1.29 is 64.6 Å². The van der Waals surface area contributed by atoms with Crippen molar-refractivity contribution in [2.75, 3.05) is 19.8 Å². The van der Waals surface area contributed by atoms with Gasteiger partial charge in [-0.05, 0) is 19.3 Å². The van der Waals surface area contributed by atoms with Crippen LogP contribution in [0.4, 0.5) is 0 Å². The molecule has 2 fully saturated rings. The Balaban J connectivity index is 1.59. The number of carbonyl (C=O) groups is 1. The molecule has 414 valence electrons. The van der Waals surface area contributed by atoms with Crippen molar-refractivity contribution in [3.8, 4) is 0 Å². The number of unbranched alkanes of at least 4 members (excludes halogenated alkanes) is 33. The van der Waals surface area contributed by atoms with Gasteiger partial charge in [0.1, 0.15) is 48.8 Å². The molecule has 0 aromatic heterocycles. The standard InChI is InChI=1S/C56H107NO13/c1-3-5-7-9-10-11-12-13-14-15-16-17-18-19-20-21-22-23-24-25-26-27-28-29-30-31-32-33-34-36-37-39-45(60)44(57-48(61)40-38-35-8-6-4-2)43-67-55-53(66)51(64)54(47(42-59)69-55)70-56-52(65)50(63)49(62)46(41-58)68-56/h37,39,44-47,49-56,58-60,62-66H,3-36,38,40-43H2,1-2H3,(H,57,61)/b39-37+. The number of amides is 1. The van der Waals surface area contributed by atoms with E-state index in [4.69, 9.17) is 18.9 Å². The number of aliphatic hydroxyl groups excluding tert-OH is 8. The second-order valence-corrected chi connectivity index (χ2v) is 20.8. The molecule has 2 heterocycles. The lowest BCUT2D eigenvalue weighted by molar-refractivity contribution is -0.359. The molecule has 0 saturated carbocycles. The van der Waals surface area contributed by atoms with Gasteiger partial charge in [-0.15, -0.1) is 0 Å². The molecule has 2 aliphatic heterocycles. The Morgan fingerprint density at radius 3 is 1.31 bits per heavy atom. The second kappa shape index (κ2) is 43.0. The maximum Gasteiger partial charge on any atom is 0.220 e. The van der Waals surface area contributed by atoms with E-state index in [0.717, 1.165) is 44.9 Å². The third-order valence-electron chi connectivity index (χ3n) is 14.5. The van der Waals surface area contributed by atoms with E-state index in [9.17, 15) is 45.6 Å². The molecule has 0 aromatic carbocycles. The molecule has 14 nitrogen and oxygen atoms in total. The second-order valence-electron chi connectivity index (χ2n) is 20.8. The number of hydrogen-bond donors (Lipinski definition) is 9. The average Bonchev–Trinajstić information content (AvgIpc) is 3.36. The summed E-state index contributed by atoms with van der Waals surface area (Å²) >= 11 is 0. The molecule has 2 aliphatic rings. The highest BCUT2D eigenvalue weighted by Gasteiger charge is 2.51. The molecular weight excluding hydrogens is 895 g/mol. The molecule has 9 N–H and O–H groups in total. The Labute approximate surface area is 425 Å². The number of nitrogens with one attached hydrogen (secondary N) is 1. The highest BCUT2D eigenvalue weighted by Crippen LogP contribution is 2.30. The van der Waals surface area contributed by atoms with E-state index in [1.807, 2.05) is 6.08 Å². The predicted octanol–water partition coefficient (Wildman–Crippen LogP) is 9.11. The fourth-order valence-electron chi connectivity index (χ4n) is 9.76. The number of allylic oxidation sites excluding steroid dienone is 1. The molecular formula is C56H107NO13. The molecule has 2 saturated heterocycles. The van der Waals surface area contributed by atoms with Crippen molar-refractivity contribution in [3.05, 3.63) is 12.2 Å². The van der Waals surface area contributed by atoms with Crippen LogP contribution >= 0.6 is 0 Å². The first-order valence-electron chi connectivity index (χ1n) is 28.9. The Morgan fingerprint density at radius 1 is 0.500 bits per heavy atom. The van der Waals surface area contributed by atoms with Crippen LogP contribution in [0.25, 0.3) is 0 Å². The molecule has 0 spiro atoms. The summed E-state index contributed by atoms with van der Waals surface area (Å²) in [5, 5.41) is 86.5. The van der Waals surface area contributed by atoms with Crippen molar-refractivity contribution in [2.24, 2.45) is 0 Å². The Hall–Kier alpha value is -1.27. The van der Waals surface area contributed by atoms with Crippen LogP contribution in [0.2, 0.25) is 0 Å². The van der Waals surface area contributed by atoms with Gasteiger partial charge in [-0.25, -0.2) is 0 Å². The van der Waals surface area contributed by atoms with Crippen LogP contribution in [0, 0.1) is 0 Å². The Bertz CT molecular complexity index is 1230. The van der Waals surface area contributed by atoms with E-state index in [1.54, 1.807) is 6.08 Å². The largest absolute Gasteiger partial charge is 0.394 e. The quantitative estimate of drug-likeness (QED) is 0.0205. The lowest BCUT2D eigenvalue weighted by atomic mass is 9.97. The molecule has 14 heteroatoms. The van der Waals surface area contributed by atoms with Crippen LogP contribution in [0.1, 0.15) is 245 Å². The monoisotopic (exact) mass is 1000 g/mol. The van der Waals surface area contributed by atoms with Gasteiger partial charge in [-0.1, -0.05) is 231 Å². The van der Waals surface area contributed by atoms with Crippen LogP contribution in [-0.2, 0) is 23.7 Å². The van der Waals surface area contributed by atoms with Gasteiger partial charge in [-0.3, -0.25) is 4.79 Å². The number of carbonyl (C=O) groups excluding carboxylic acids is 1. The third-order valence-corrected chi connectivity index (χ3v) is 14.5. The Morgan fingerprint density at radius 2 is 0.886 bits per heavy atom. The summed E-state index contributed by atoms with van der Waals surface area (Å²) < 4.78 is 22.6. The van der Waals surface area contributed by atoms with E-state index in [1.165, 1.54) is 173 Å². The summed E-state index contributed by atoms with van der Waals surface area (Å²) in [7, 11) is 0. The average molecular weight is 1000 g/mol. The lowest BCUT2D eigenvalue weighted by Crippen LogP contribution is -2.65. The van der Waals surface area contributed by atoms with Crippen molar-refractivity contribution >= 4 is 5.91 Å². The van der Waals surface area contributed by atoms with Gasteiger partial charge >= 0.3 is 0 Å². The molecule has 0 radical (unpaired) electrons. The molecule has 0 bridgehead atoms. The zero-order valence-corrected chi connectivity index (χ0v) is 44.3. The van der Waals surface area contributed by atoms with Gasteiger partial charge in [0.25, 0.3) is 0 Å². The van der Waals surface area contributed by atoms with E-state index >= 15 is 0 Å². The van der Waals surface area contributed by atoms with Crippen LogP contribution in [-0.4, -0.2) is 140 Å². The van der Waals surface area contributed by atoms with Gasteiger partial charge in [0.05, 0.1) is 32.0 Å². The van der Waals surface area contributed by atoms with E-state index in [-0.39, 0.29) is 18.9 Å². The summed E-state index contributed by atoms with van der Waals surface area (Å²) in [5.41, 5.74) is 0. The van der Waals surface area contributed by atoms with Crippen LogP contribution < -0.4 is 5.32 Å². The number of rotatable bonds is 46. The summed E-state index contributed by atoms with van der Waals surface area (Å²) in [5.74, 6) is -0.250. The maximum atomic E-state index is 13.0. The minimum absolute atomic E-state index is 0.250. The van der Waals surface area contributed by atoms with Crippen molar-refractivity contribution in [1.29, 1.82) is 0 Å². The van der Waals surface area contributed by atoms with E-state index < -0.39 is 86.8 Å². The first kappa shape index (κ1) is 64.8. The summed E-state index contributed by atoms with van der Waals surface area (Å²) in [6.45, 7) is 2.71. The minimum Gasteiger partial charge on any atom is -0.394 e. The highest BCUT2D eigenvalue weighted by atomic mass is 16.7. The lowest BCUT2D eigenvalue weighted by Gasteiger charge is -2.46. The van der Waals surface area contributed by atoms with E-state index in [2.05, 4.69) is 19.2 Å². The van der Waals surface area contributed by atoms with Crippen LogP contribution in [0.15, 0.2) is 12.2 Å². The van der Waals surface area contributed by atoms with Crippen molar-refractivity contribution in [2.45, 2.75) is 319 Å². The zero-order chi connectivity index (χ0) is 51.0. The normalized spacial score (nSPS) is 26.0. The Kier molecular flexibility index (Phi) is 39.9. The SMILES string of the molecule is CCCCCCCCCCCCCCCCCCCCCCCCCCCCCCC/C=C/C(O)C(COC1OC(CO)C(OC2OC(CO)C(O)C(O)C2O)C(O)C1O)NC(=O)CCCCCCC. The van der Waals surface area contributed by atoms with E-state index in [0.29, 0.717) is 6.42 Å². The third kappa shape index (κ3) is 29.0. The van der Waals surface area contributed by atoms with Gasteiger partial charge in [0.2, 0.25) is 5.91 Å². The fraction of sp³-hybridized carbons (Fsp3) is 0.946. The van der Waals surface area contributed by atoms with Gasteiger partial charge in [0.15, 0.2) is 12.6 Å². The zero-order valence-electron chi connectivity index (χ0n) is 44.3. The molecule has 2 rings (SSSR count). The van der Waals surface area contributed by atoms with Gasteiger partial charge < -0.3 is 65.1 Å². The first-order chi connectivity index (χ1) is 34.1. The number of hydrogen-bond acceptors (Lipinski definition) is 13. The van der Waals surface area contributed by atoms with Gasteiger partial charge in [0, 0.05) is 6.42 Å². The fourth-order valence-corrected chi connectivity index (χ4v) is 9.76. The summed E-state index contributed by atoms with van der Waals surface area (Å²) in [6, 6.07) is -0.906. The highest BCUT2D eigenvalue weighted by molar-refractivity contribution is 5.76. The molecule has 1 amide bonds. The number of aliphatic hydroxyl groups is 8. The van der Waals surface area contributed by atoms with Gasteiger partial charge in [-0.2, -0.15) is 0 Å². The molecule has 0 aromatic rings. The summed E-state index contributed by atoms with van der Waals surface area (Å²) in [4.78, 5) is 13.0. The smallest absolute Gasteiger partial charge is 0.220 e. The van der Waals surface area contributed by atoms with Crippen molar-refractivity contribution in [1.82, 2.24) is 5.32 Å². The molecule has 12 unspecified atom stereocenters. The molecule has 70 heavy (non-hydrogen) atoms. The topological polar surface area (TPSA) is 228 Å². The van der Waals surface area contributed by atoms with Crippen molar-refractivity contribution in [3.63, 3.8) is 0 Å². The maximum absolute atomic E-state index is 13.0. The summed E-state index contributed by atoms with van der Waals surface area (Å²) in [6.07, 6.45) is 32.1. The number of ether oxygens (including phenoxy) is 4. The predicted molar refractivity (Wildman–Crippen MR) is 277 cm³/mol. The molecule has 0 aliphatic carbocycles. The first-order valence-corrected chi connectivity index (χ1v) is 28.9.